The molecular weight excluding hydrogens is 424 g/mol. The fourth-order valence-electron chi connectivity index (χ4n) is 3.35. The van der Waals surface area contributed by atoms with Gasteiger partial charge in [-0.1, -0.05) is 17.3 Å². The first-order chi connectivity index (χ1) is 13.6. The Morgan fingerprint density at radius 3 is 2.86 bits per heavy atom. The SMILES string of the molecule is Cc1noc(-c2ccccc2C(=O)N2CCC[C@H]2CNc2ncc(Br)cn2)n1. The summed E-state index contributed by atoms with van der Waals surface area (Å²) in [6, 6.07) is 7.41. The zero-order chi connectivity index (χ0) is 19.5. The maximum absolute atomic E-state index is 13.3. The molecule has 0 saturated carbocycles. The highest BCUT2D eigenvalue weighted by molar-refractivity contribution is 9.10. The second kappa shape index (κ2) is 8.05. The van der Waals surface area contributed by atoms with Crippen molar-refractivity contribution in [2.24, 2.45) is 0 Å². The number of hydrogen-bond acceptors (Lipinski definition) is 7. The molecular formula is C19H19BrN6O2. The van der Waals surface area contributed by atoms with Crippen molar-refractivity contribution in [3.63, 3.8) is 0 Å². The van der Waals surface area contributed by atoms with Gasteiger partial charge in [-0.2, -0.15) is 4.98 Å². The van der Waals surface area contributed by atoms with Crippen molar-refractivity contribution in [1.82, 2.24) is 25.0 Å². The predicted molar refractivity (Wildman–Crippen MR) is 107 cm³/mol. The average Bonchev–Trinajstić information content (AvgIpc) is 3.36. The van der Waals surface area contributed by atoms with E-state index in [-0.39, 0.29) is 11.9 Å². The number of anilines is 1. The minimum absolute atomic E-state index is 0.0347. The van der Waals surface area contributed by atoms with Crippen molar-refractivity contribution in [3.8, 4) is 11.5 Å². The standard InChI is InChI=1S/C19H19BrN6O2/c1-12-24-17(28-25-12)15-6-2-3-7-16(15)18(27)26-8-4-5-14(26)11-23-19-21-9-13(20)10-22-19/h2-3,6-7,9-10,14H,4-5,8,11H2,1H3,(H,21,22,23)/t14-/m0/s1. The summed E-state index contributed by atoms with van der Waals surface area (Å²) < 4.78 is 6.10. The van der Waals surface area contributed by atoms with Gasteiger partial charge in [-0.3, -0.25) is 4.79 Å². The van der Waals surface area contributed by atoms with Gasteiger partial charge in [0.15, 0.2) is 5.82 Å². The summed E-state index contributed by atoms with van der Waals surface area (Å²) in [5.74, 6) is 1.41. The van der Waals surface area contributed by atoms with E-state index >= 15 is 0 Å². The molecule has 0 spiro atoms. The lowest BCUT2D eigenvalue weighted by atomic mass is 10.1. The lowest BCUT2D eigenvalue weighted by Gasteiger charge is -2.25. The van der Waals surface area contributed by atoms with E-state index in [9.17, 15) is 4.79 Å². The molecule has 1 amide bonds. The van der Waals surface area contributed by atoms with Crippen LogP contribution in [0.3, 0.4) is 0 Å². The van der Waals surface area contributed by atoms with Crippen LogP contribution < -0.4 is 5.32 Å². The zero-order valence-corrected chi connectivity index (χ0v) is 16.9. The van der Waals surface area contributed by atoms with Gasteiger partial charge in [-0.15, -0.1) is 0 Å². The van der Waals surface area contributed by atoms with E-state index < -0.39 is 0 Å². The first kappa shape index (κ1) is 18.5. The highest BCUT2D eigenvalue weighted by atomic mass is 79.9. The monoisotopic (exact) mass is 442 g/mol. The normalized spacial score (nSPS) is 16.4. The van der Waals surface area contributed by atoms with Crippen molar-refractivity contribution in [1.29, 1.82) is 0 Å². The summed E-state index contributed by atoms with van der Waals surface area (Å²) in [6.45, 7) is 3.06. The van der Waals surface area contributed by atoms with Gasteiger partial charge in [0.2, 0.25) is 5.95 Å². The third-order valence-electron chi connectivity index (χ3n) is 4.67. The topological polar surface area (TPSA) is 97.0 Å². The highest BCUT2D eigenvalue weighted by Crippen LogP contribution is 2.27. The summed E-state index contributed by atoms with van der Waals surface area (Å²) in [4.78, 5) is 27.9. The Balaban J connectivity index is 1.52. The van der Waals surface area contributed by atoms with Gasteiger partial charge in [-0.05, 0) is 47.8 Å². The van der Waals surface area contributed by atoms with Crippen LogP contribution in [0.2, 0.25) is 0 Å². The van der Waals surface area contributed by atoms with Crippen molar-refractivity contribution < 1.29 is 9.32 Å². The first-order valence-corrected chi connectivity index (χ1v) is 9.83. The molecule has 9 heteroatoms. The summed E-state index contributed by atoms with van der Waals surface area (Å²) in [6.07, 6.45) is 5.27. The lowest BCUT2D eigenvalue weighted by Crippen LogP contribution is -2.40. The summed E-state index contributed by atoms with van der Waals surface area (Å²) >= 11 is 3.32. The molecule has 1 aliphatic heterocycles. The number of carbonyl (C=O) groups excluding carboxylic acids is 1. The molecule has 144 valence electrons. The van der Waals surface area contributed by atoms with Crippen molar-refractivity contribution in [3.05, 3.63) is 52.5 Å². The number of nitrogens with one attached hydrogen (secondary N) is 1. The number of rotatable bonds is 5. The molecule has 4 rings (SSSR count). The van der Waals surface area contributed by atoms with E-state index in [0.29, 0.717) is 41.9 Å². The Kier molecular flexibility index (Phi) is 5.34. The third-order valence-corrected chi connectivity index (χ3v) is 5.08. The van der Waals surface area contributed by atoms with Crippen LogP contribution in [0.4, 0.5) is 5.95 Å². The van der Waals surface area contributed by atoms with Crippen LogP contribution in [-0.4, -0.2) is 50.0 Å². The number of nitrogens with zero attached hydrogens (tertiary/aromatic N) is 5. The van der Waals surface area contributed by atoms with Crippen LogP contribution in [0.25, 0.3) is 11.5 Å². The maximum Gasteiger partial charge on any atom is 0.258 e. The van der Waals surface area contributed by atoms with Gasteiger partial charge in [0.25, 0.3) is 11.8 Å². The van der Waals surface area contributed by atoms with Crippen LogP contribution in [0, 0.1) is 6.92 Å². The zero-order valence-electron chi connectivity index (χ0n) is 15.3. The van der Waals surface area contributed by atoms with Crippen LogP contribution >= 0.6 is 15.9 Å². The predicted octanol–water partition coefficient (Wildman–Crippen LogP) is 3.31. The number of likely N-dealkylation sites (tertiary alicyclic amines) is 1. The molecule has 1 N–H and O–H groups in total. The summed E-state index contributed by atoms with van der Waals surface area (Å²) in [7, 11) is 0. The van der Waals surface area contributed by atoms with Crippen LogP contribution in [0.15, 0.2) is 45.7 Å². The number of amides is 1. The number of aryl methyl sites for hydroxylation is 1. The van der Waals surface area contributed by atoms with E-state index in [1.807, 2.05) is 23.1 Å². The minimum Gasteiger partial charge on any atom is -0.352 e. The Morgan fingerprint density at radius 1 is 1.32 bits per heavy atom. The quantitative estimate of drug-likeness (QED) is 0.646. The summed E-state index contributed by atoms with van der Waals surface area (Å²) in [5.41, 5.74) is 1.22. The number of hydrogen-bond donors (Lipinski definition) is 1. The molecule has 3 aromatic rings. The molecule has 1 aliphatic rings. The molecule has 1 aromatic carbocycles. The van der Waals surface area contributed by atoms with E-state index in [1.165, 1.54) is 0 Å². The smallest absolute Gasteiger partial charge is 0.258 e. The molecule has 8 nitrogen and oxygen atoms in total. The first-order valence-electron chi connectivity index (χ1n) is 9.04. The second-order valence-electron chi connectivity index (χ2n) is 6.59. The number of carbonyl (C=O) groups is 1. The van der Waals surface area contributed by atoms with Crippen LogP contribution in [0.5, 0.6) is 0 Å². The second-order valence-corrected chi connectivity index (χ2v) is 7.51. The molecule has 0 unspecified atom stereocenters. The van der Waals surface area contributed by atoms with Crippen LogP contribution in [0.1, 0.15) is 29.0 Å². The average molecular weight is 443 g/mol. The third kappa shape index (κ3) is 3.89. The molecule has 0 radical (unpaired) electrons. The maximum atomic E-state index is 13.3. The van der Waals surface area contributed by atoms with Crippen LogP contribution in [-0.2, 0) is 0 Å². The number of aromatic nitrogens is 4. The highest BCUT2D eigenvalue weighted by Gasteiger charge is 2.31. The Morgan fingerprint density at radius 2 is 2.11 bits per heavy atom. The number of halogens is 1. The van der Waals surface area contributed by atoms with Gasteiger partial charge in [0.05, 0.1) is 15.6 Å². The Labute approximate surface area is 170 Å². The van der Waals surface area contributed by atoms with E-state index in [1.54, 1.807) is 25.4 Å². The molecule has 0 aliphatic carbocycles. The van der Waals surface area contributed by atoms with E-state index in [0.717, 1.165) is 17.3 Å². The molecule has 28 heavy (non-hydrogen) atoms. The molecule has 2 aromatic heterocycles. The summed E-state index contributed by atoms with van der Waals surface area (Å²) in [5, 5.41) is 7.06. The number of benzene rings is 1. The minimum atomic E-state index is -0.0347. The van der Waals surface area contributed by atoms with Crippen molar-refractivity contribution in [2.45, 2.75) is 25.8 Å². The van der Waals surface area contributed by atoms with Crippen molar-refractivity contribution in [2.75, 3.05) is 18.4 Å². The fourth-order valence-corrected chi connectivity index (χ4v) is 3.55. The molecule has 0 bridgehead atoms. The molecule has 3 heterocycles. The molecule has 1 atom stereocenters. The fraction of sp³-hybridized carbons (Fsp3) is 0.316. The Bertz CT molecular complexity index is 975. The van der Waals surface area contributed by atoms with Gasteiger partial charge < -0.3 is 14.7 Å². The largest absolute Gasteiger partial charge is 0.352 e. The van der Waals surface area contributed by atoms with Gasteiger partial charge in [0.1, 0.15) is 0 Å². The van der Waals surface area contributed by atoms with Gasteiger partial charge >= 0.3 is 0 Å². The van der Waals surface area contributed by atoms with Gasteiger partial charge in [0, 0.05) is 31.5 Å². The van der Waals surface area contributed by atoms with E-state index in [4.69, 9.17) is 4.52 Å². The van der Waals surface area contributed by atoms with Gasteiger partial charge in [-0.25, -0.2) is 9.97 Å². The van der Waals surface area contributed by atoms with Crippen molar-refractivity contribution >= 4 is 27.8 Å². The molecule has 1 fully saturated rings. The Hall–Kier alpha value is -2.81. The molecule has 1 saturated heterocycles. The lowest BCUT2D eigenvalue weighted by molar-refractivity contribution is 0.0744. The van der Waals surface area contributed by atoms with E-state index in [2.05, 4.69) is 41.4 Å².